The van der Waals surface area contributed by atoms with Gasteiger partial charge in [-0.15, -0.1) is 0 Å². The summed E-state index contributed by atoms with van der Waals surface area (Å²) in [7, 11) is -0.680. The zero-order valence-electron chi connectivity index (χ0n) is 22.6. The minimum Gasteiger partial charge on any atom is -0.404 e. The molecule has 5 N–H and O–H groups in total. The number of amides is 1. The van der Waals surface area contributed by atoms with Gasteiger partial charge in [0.15, 0.2) is 5.96 Å². The number of nitrogens with one attached hydrogen (secondary N) is 1. The topological polar surface area (TPSA) is 155 Å². The van der Waals surface area contributed by atoms with E-state index in [1.165, 1.54) is 12.1 Å². The number of nitrogens with two attached hydrogens (primary N) is 2. The summed E-state index contributed by atoms with van der Waals surface area (Å²) in [5, 5.41) is 15.0. The molecule has 39 heavy (non-hydrogen) atoms. The van der Waals surface area contributed by atoms with E-state index in [0.29, 0.717) is 36.8 Å². The van der Waals surface area contributed by atoms with Crippen LogP contribution >= 0.6 is 0 Å². The van der Waals surface area contributed by atoms with Crippen LogP contribution in [-0.4, -0.2) is 48.1 Å². The standard InChI is InChI=1S/C28H36BN5O5/c1-27(2)19-15-22(27)28(3)23(16-19)38-29(39-28)24(10-7-13-32-26(30)31)33-25(35)20-12-11-18(14-21(20)34(36)37)17-8-5-4-6-9-17/h4-6,8-9,11-12,14,19,22-24H,7,10,13,15-16H2,1-3H3,(H,33,35)(H4,30,31,32). The van der Waals surface area contributed by atoms with Crippen LogP contribution in [0.3, 0.4) is 0 Å². The number of nitro benzene ring substituents is 1. The Morgan fingerprint density at radius 2 is 1.92 bits per heavy atom. The lowest BCUT2D eigenvalue weighted by molar-refractivity contribution is -0.385. The molecule has 2 bridgehead atoms. The molecule has 0 aromatic heterocycles. The number of carbonyl (C=O) groups excluding carboxylic acids is 1. The van der Waals surface area contributed by atoms with Crippen LogP contribution in [0, 0.1) is 27.4 Å². The van der Waals surface area contributed by atoms with Gasteiger partial charge in [-0.25, -0.2) is 0 Å². The maximum absolute atomic E-state index is 13.5. The molecule has 1 amide bonds. The van der Waals surface area contributed by atoms with E-state index in [1.54, 1.807) is 6.07 Å². The summed E-state index contributed by atoms with van der Waals surface area (Å²) in [5.41, 5.74) is 11.9. The van der Waals surface area contributed by atoms with Crippen LogP contribution in [0.5, 0.6) is 0 Å². The molecular weight excluding hydrogens is 497 g/mol. The number of guanidine groups is 1. The molecule has 6 rings (SSSR count). The number of carbonyl (C=O) groups is 1. The van der Waals surface area contributed by atoms with Gasteiger partial charge < -0.3 is 26.1 Å². The normalized spacial score (nSPS) is 27.2. The van der Waals surface area contributed by atoms with Gasteiger partial charge in [0, 0.05) is 12.6 Å². The van der Waals surface area contributed by atoms with Crippen molar-refractivity contribution in [2.45, 2.75) is 64.1 Å². The second-order valence-corrected chi connectivity index (χ2v) is 11.7. The summed E-state index contributed by atoms with van der Waals surface area (Å²) in [6.45, 7) is 7.07. The lowest BCUT2D eigenvalue weighted by Gasteiger charge is -2.64. The molecule has 5 unspecified atom stereocenters. The highest BCUT2D eigenvalue weighted by Crippen LogP contribution is 2.65. The van der Waals surface area contributed by atoms with Gasteiger partial charge in [-0.2, -0.15) is 0 Å². The molecule has 1 aliphatic heterocycles. The summed E-state index contributed by atoms with van der Waals surface area (Å²) >= 11 is 0. The Labute approximate surface area is 228 Å². The van der Waals surface area contributed by atoms with E-state index < -0.39 is 29.5 Å². The third kappa shape index (κ3) is 5.01. The molecule has 5 atom stereocenters. The average Bonchev–Trinajstić information content (AvgIpc) is 3.27. The molecule has 3 aliphatic carbocycles. The van der Waals surface area contributed by atoms with Crippen molar-refractivity contribution < 1.29 is 19.0 Å². The number of hydrogen-bond acceptors (Lipinski definition) is 6. The van der Waals surface area contributed by atoms with E-state index in [4.69, 9.17) is 20.8 Å². The summed E-state index contributed by atoms with van der Waals surface area (Å²) in [6.07, 6.45) is 3.01. The highest BCUT2D eigenvalue weighted by Gasteiger charge is 2.68. The van der Waals surface area contributed by atoms with Crippen molar-refractivity contribution in [3.63, 3.8) is 0 Å². The maximum atomic E-state index is 13.5. The third-order valence-electron chi connectivity index (χ3n) is 9.13. The zero-order chi connectivity index (χ0) is 27.9. The smallest absolute Gasteiger partial charge is 0.404 e. The number of benzene rings is 2. The number of aliphatic imine (C=N–C) groups is 1. The van der Waals surface area contributed by atoms with Crippen LogP contribution in [0.2, 0.25) is 0 Å². The Bertz CT molecular complexity index is 1280. The number of hydrogen-bond donors (Lipinski definition) is 3. The van der Waals surface area contributed by atoms with Gasteiger partial charge in [-0.05, 0) is 67.1 Å². The summed E-state index contributed by atoms with van der Waals surface area (Å²) in [6, 6.07) is 14.0. The molecule has 1 saturated heterocycles. The van der Waals surface area contributed by atoms with E-state index in [-0.39, 0.29) is 28.7 Å². The van der Waals surface area contributed by atoms with Gasteiger partial charge in [-0.3, -0.25) is 19.9 Å². The van der Waals surface area contributed by atoms with Crippen LogP contribution in [0.4, 0.5) is 5.69 Å². The van der Waals surface area contributed by atoms with Crippen molar-refractivity contribution in [1.82, 2.24) is 5.32 Å². The third-order valence-corrected chi connectivity index (χ3v) is 9.13. The zero-order valence-corrected chi connectivity index (χ0v) is 22.6. The van der Waals surface area contributed by atoms with Crippen molar-refractivity contribution in [3.05, 3.63) is 64.2 Å². The van der Waals surface area contributed by atoms with Crippen LogP contribution in [0.15, 0.2) is 53.5 Å². The van der Waals surface area contributed by atoms with Crippen molar-refractivity contribution in [1.29, 1.82) is 0 Å². The molecule has 4 fully saturated rings. The predicted molar refractivity (Wildman–Crippen MR) is 150 cm³/mol. The van der Waals surface area contributed by atoms with E-state index >= 15 is 0 Å². The molecule has 2 aromatic rings. The average molecular weight is 533 g/mol. The number of nitrogens with zero attached hydrogens (tertiary/aromatic N) is 2. The van der Waals surface area contributed by atoms with Gasteiger partial charge >= 0.3 is 7.12 Å². The lowest BCUT2D eigenvalue weighted by Crippen LogP contribution is -2.65. The quantitative estimate of drug-likeness (QED) is 0.111. The molecule has 206 valence electrons. The van der Waals surface area contributed by atoms with E-state index in [2.05, 4.69) is 31.1 Å². The Morgan fingerprint density at radius 1 is 1.18 bits per heavy atom. The largest absolute Gasteiger partial charge is 0.481 e. The molecule has 1 heterocycles. The Balaban J connectivity index is 1.38. The molecule has 4 aliphatic rings. The Morgan fingerprint density at radius 3 is 2.59 bits per heavy atom. The van der Waals surface area contributed by atoms with E-state index in [9.17, 15) is 14.9 Å². The first kappa shape index (κ1) is 27.1. The van der Waals surface area contributed by atoms with Gasteiger partial charge in [0.25, 0.3) is 11.6 Å². The molecule has 0 radical (unpaired) electrons. The summed E-state index contributed by atoms with van der Waals surface area (Å²) in [5.74, 6) is -0.140. The lowest BCUT2D eigenvalue weighted by atomic mass is 9.43. The second-order valence-electron chi connectivity index (χ2n) is 11.7. The second kappa shape index (κ2) is 10.3. The summed E-state index contributed by atoms with van der Waals surface area (Å²) < 4.78 is 13.1. The minimum absolute atomic E-state index is 0.00128. The van der Waals surface area contributed by atoms with Crippen molar-refractivity contribution in [2.75, 3.05) is 6.54 Å². The van der Waals surface area contributed by atoms with Crippen LogP contribution in [-0.2, 0) is 9.31 Å². The fourth-order valence-corrected chi connectivity index (χ4v) is 6.80. The van der Waals surface area contributed by atoms with Gasteiger partial charge in [0.2, 0.25) is 0 Å². The first-order valence-electron chi connectivity index (χ1n) is 13.5. The number of nitro groups is 1. The Hall–Kier alpha value is -3.44. The van der Waals surface area contributed by atoms with Gasteiger partial charge in [-0.1, -0.05) is 50.2 Å². The first-order chi connectivity index (χ1) is 18.5. The van der Waals surface area contributed by atoms with E-state index in [1.807, 2.05) is 30.3 Å². The monoisotopic (exact) mass is 533 g/mol. The molecular formula is C28H36BN5O5. The van der Waals surface area contributed by atoms with Gasteiger partial charge in [0.1, 0.15) is 5.56 Å². The molecule has 2 aromatic carbocycles. The molecule has 10 nitrogen and oxygen atoms in total. The number of rotatable bonds is 9. The molecule has 3 saturated carbocycles. The predicted octanol–water partition coefficient (Wildman–Crippen LogP) is 3.68. The van der Waals surface area contributed by atoms with Crippen LogP contribution < -0.4 is 16.8 Å². The van der Waals surface area contributed by atoms with Crippen LogP contribution in [0.1, 0.15) is 56.8 Å². The Kier molecular flexibility index (Phi) is 7.15. The maximum Gasteiger partial charge on any atom is 0.481 e. The molecule has 0 spiro atoms. The highest BCUT2D eigenvalue weighted by molar-refractivity contribution is 6.48. The SMILES string of the molecule is CC1(C)C2CC3OB(C(CCCN=C(N)N)NC(=O)c4ccc(-c5ccccc5)cc4[N+](=O)[O-])OC3(C)C1C2. The van der Waals surface area contributed by atoms with Crippen LogP contribution in [0.25, 0.3) is 11.1 Å². The summed E-state index contributed by atoms with van der Waals surface area (Å²) in [4.78, 5) is 29.0. The van der Waals surface area contributed by atoms with Crippen molar-refractivity contribution >= 4 is 24.7 Å². The van der Waals surface area contributed by atoms with Gasteiger partial charge in [0.05, 0.1) is 22.6 Å². The highest BCUT2D eigenvalue weighted by atomic mass is 16.7. The fraction of sp³-hybridized carbons (Fsp3) is 0.500. The minimum atomic E-state index is -0.680. The first-order valence-corrected chi connectivity index (χ1v) is 13.5. The fourth-order valence-electron chi connectivity index (χ4n) is 6.80. The molecule has 11 heteroatoms. The van der Waals surface area contributed by atoms with Crippen molar-refractivity contribution in [3.8, 4) is 11.1 Å². The van der Waals surface area contributed by atoms with Crippen molar-refractivity contribution in [2.24, 2.45) is 33.7 Å². The van der Waals surface area contributed by atoms with E-state index in [0.717, 1.165) is 18.4 Å².